The molecule has 10 heteroatoms. The maximum Gasteiger partial charge on any atom is 0.246 e. The largest absolute Gasteiger partial charge is 0.492 e. The smallest absolute Gasteiger partial charge is 0.246 e. The van der Waals surface area contributed by atoms with Gasteiger partial charge < -0.3 is 20.5 Å². The maximum atomic E-state index is 12.9. The molecule has 142 valence electrons. The summed E-state index contributed by atoms with van der Waals surface area (Å²) in [6.45, 7) is 4.92. The van der Waals surface area contributed by atoms with E-state index in [1.807, 2.05) is 0 Å². The number of hydrogen-bond acceptors (Lipinski definition) is 6. The predicted octanol–water partition coefficient (Wildman–Crippen LogP) is 0.814. The Bertz CT molecular complexity index is 690. The number of benzene rings is 1. The first-order valence-electron chi connectivity index (χ1n) is 7.77. The zero-order valence-electron chi connectivity index (χ0n) is 14.2. The Morgan fingerprint density at radius 2 is 2.04 bits per heavy atom. The van der Waals surface area contributed by atoms with Crippen molar-refractivity contribution in [3.8, 4) is 5.75 Å². The van der Waals surface area contributed by atoms with Crippen LogP contribution in [0.3, 0.4) is 0 Å². The summed E-state index contributed by atoms with van der Waals surface area (Å²) in [6, 6.07) is 3.82. The molecule has 1 atom stereocenters. The minimum absolute atomic E-state index is 0. The van der Waals surface area contributed by atoms with E-state index in [1.54, 1.807) is 19.9 Å². The van der Waals surface area contributed by atoms with E-state index in [1.165, 1.54) is 16.4 Å². The van der Waals surface area contributed by atoms with Crippen molar-refractivity contribution >= 4 is 34.0 Å². The van der Waals surface area contributed by atoms with Gasteiger partial charge in [-0.25, -0.2) is 8.42 Å². The first-order valence-corrected chi connectivity index (χ1v) is 9.21. The monoisotopic (exact) mass is 393 g/mol. The van der Waals surface area contributed by atoms with E-state index in [0.717, 1.165) is 0 Å². The summed E-state index contributed by atoms with van der Waals surface area (Å²) in [5.41, 5.74) is 5.88. The van der Waals surface area contributed by atoms with Gasteiger partial charge in [0.05, 0.1) is 25.9 Å². The van der Waals surface area contributed by atoms with Crippen molar-refractivity contribution < 1.29 is 22.7 Å². The van der Waals surface area contributed by atoms with Gasteiger partial charge in [-0.1, -0.05) is 0 Å². The number of sulfonamides is 1. The van der Waals surface area contributed by atoms with Crippen LogP contribution in [0.25, 0.3) is 0 Å². The molecule has 0 aromatic heterocycles. The van der Waals surface area contributed by atoms with E-state index in [2.05, 4.69) is 5.32 Å². The Labute approximate surface area is 154 Å². The van der Waals surface area contributed by atoms with Crippen LogP contribution in [0.1, 0.15) is 13.8 Å². The zero-order chi connectivity index (χ0) is 17.7. The van der Waals surface area contributed by atoms with Crippen LogP contribution >= 0.6 is 12.4 Å². The Balaban J connectivity index is 0.00000312. The molecule has 1 aliphatic heterocycles. The lowest BCUT2D eigenvalue weighted by Gasteiger charge is -2.27. The van der Waals surface area contributed by atoms with Gasteiger partial charge >= 0.3 is 0 Å². The van der Waals surface area contributed by atoms with Gasteiger partial charge in [-0.3, -0.25) is 4.79 Å². The van der Waals surface area contributed by atoms with Gasteiger partial charge in [0.2, 0.25) is 15.9 Å². The van der Waals surface area contributed by atoms with Crippen molar-refractivity contribution in [3.63, 3.8) is 0 Å². The third kappa shape index (κ3) is 5.29. The molecule has 1 saturated heterocycles. The molecule has 1 aromatic carbocycles. The number of hydrogen-bond donors (Lipinski definition) is 2. The van der Waals surface area contributed by atoms with Crippen LogP contribution in [0.15, 0.2) is 23.1 Å². The van der Waals surface area contributed by atoms with E-state index in [0.29, 0.717) is 25.5 Å². The Morgan fingerprint density at radius 3 is 2.60 bits per heavy atom. The standard InChI is InChI=1S/C15H23N3O5S.ClH/c1-3-23-13-5-4-12(17-15(19)11(2)16)10-14(13)24(20,21)18-6-8-22-9-7-18;/h4-5,10-11H,3,6-9,16H2,1-2H3,(H,17,19);1H/t11-;/m0./s1. The number of amides is 1. The van der Waals surface area contributed by atoms with Crippen molar-refractivity contribution in [2.45, 2.75) is 24.8 Å². The Kier molecular flexibility index (Phi) is 8.10. The lowest BCUT2D eigenvalue weighted by atomic mass is 10.2. The van der Waals surface area contributed by atoms with Crippen LogP contribution in [-0.2, 0) is 19.6 Å². The van der Waals surface area contributed by atoms with Crippen LogP contribution in [0.5, 0.6) is 5.75 Å². The number of anilines is 1. The number of carbonyl (C=O) groups excluding carboxylic acids is 1. The summed E-state index contributed by atoms with van der Waals surface area (Å²) in [5, 5.41) is 2.60. The molecule has 3 N–H and O–H groups in total. The van der Waals surface area contributed by atoms with Crippen molar-refractivity contribution in [2.24, 2.45) is 5.73 Å². The highest BCUT2D eigenvalue weighted by atomic mass is 35.5. The molecule has 8 nitrogen and oxygen atoms in total. The van der Waals surface area contributed by atoms with E-state index in [-0.39, 0.29) is 36.1 Å². The number of nitrogens with one attached hydrogen (secondary N) is 1. The normalized spacial score (nSPS) is 16.6. The Morgan fingerprint density at radius 1 is 1.40 bits per heavy atom. The number of carbonyl (C=O) groups is 1. The molecule has 0 bridgehead atoms. The predicted molar refractivity (Wildman–Crippen MR) is 96.7 cm³/mol. The minimum Gasteiger partial charge on any atom is -0.492 e. The second-order valence-corrected chi connectivity index (χ2v) is 7.30. The van der Waals surface area contributed by atoms with Gasteiger partial charge in [0, 0.05) is 18.8 Å². The van der Waals surface area contributed by atoms with Crippen LogP contribution in [0.4, 0.5) is 5.69 Å². The van der Waals surface area contributed by atoms with Gasteiger partial charge in [0.1, 0.15) is 10.6 Å². The Hall–Kier alpha value is -1.39. The second-order valence-electron chi connectivity index (χ2n) is 5.39. The summed E-state index contributed by atoms with van der Waals surface area (Å²) < 4.78 is 37.8. The van der Waals surface area contributed by atoms with E-state index >= 15 is 0 Å². The molecule has 1 aromatic rings. The summed E-state index contributed by atoms with van der Waals surface area (Å²) in [5.74, 6) is -0.142. The summed E-state index contributed by atoms with van der Waals surface area (Å²) >= 11 is 0. The topological polar surface area (TPSA) is 111 Å². The number of rotatable bonds is 6. The number of nitrogens with zero attached hydrogens (tertiary/aromatic N) is 1. The SMILES string of the molecule is CCOc1ccc(NC(=O)[C@H](C)N)cc1S(=O)(=O)N1CCOCC1.Cl. The molecule has 0 saturated carbocycles. The maximum absolute atomic E-state index is 12.9. The number of ether oxygens (including phenoxy) is 2. The third-order valence-corrected chi connectivity index (χ3v) is 5.43. The number of nitrogens with two attached hydrogens (primary N) is 1. The van der Waals surface area contributed by atoms with E-state index in [9.17, 15) is 13.2 Å². The van der Waals surface area contributed by atoms with Gasteiger partial charge in [-0.2, -0.15) is 4.31 Å². The molecular weight excluding hydrogens is 370 g/mol. The molecule has 0 spiro atoms. The quantitative estimate of drug-likeness (QED) is 0.740. The zero-order valence-corrected chi connectivity index (χ0v) is 15.9. The van der Waals surface area contributed by atoms with Crippen LogP contribution in [0.2, 0.25) is 0 Å². The lowest BCUT2D eigenvalue weighted by Crippen LogP contribution is -2.40. The van der Waals surface area contributed by atoms with Crippen LogP contribution < -0.4 is 15.8 Å². The van der Waals surface area contributed by atoms with Gasteiger partial charge in [-0.15, -0.1) is 12.4 Å². The van der Waals surface area contributed by atoms with E-state index < -0.39 is 22.0 Å². The van der Waals surface area contributed by atoms with Crippen molar-refractivity contribution in [1.29, 1.82) is 0 Å². The second kappa shape index (κ2) is 9.35. The average molecular weight is 394 g/mol. The first kappa shape index (κ1) is 21.7. The molecule has 25 heavy (non-hydrogen) atoms. The van der Waals surface area contributed by atoms with Crippen LogP contribution in [-0.4, -0.2) is 57.6 Å². The third-order valence-electron chi connectivity index (χ3n) is 3.51. The van der Waals surface area contributed by atoms with Crippen molar-refractivity contribution in [2.75, 3.05) is 38.2 Å². The highest BCUT2D eigenvalue weighted by Crippen LogP contribution is 2.30. The molecule has 1 amide bonds. The average Bonchev–Trinajstić information content (AvgIpc) is 2.57. The molecule has 0 unspecified atom stereocenters. The molecular formula is C15H24ClN3O5S. The fourth-order valence-electron chi connectivity index (χ4n) is 2.24. The number of morpholine rings is 1. The van der Waals surface area contributed by atoms with Gasteiger partial charge in [0.15, 0.2) is 0 Å². The first-order chi connectivity index (χ1) is 11.4. The fourth-order valence-corrected chi connectivity index (χ4v) is 3.81. The lowest BCUT2D eigenvalue weighted by molar-refractivity contribution is -0.117. The molecule has 1 fully saturated rings. The molecule has 1 aliphatic rings. The number of halogens is 1. The molecule has 0 radical (unpaired) electrons. The molecule has 0 aliphatic carbocycles. The van der Waals surface area contributed by atoms with Crippen molar-refractivity contribution in [1.82, 2.24) is 4.31 Å². The summed E-state index contributed by atoms with van der Waals surface area (Å²) in [4.78, 5) is 11.8. The van der Waals surface area contributed by atoms with Gasteiger partial charge in [-0.05, 0) is 32.0 Å². The van der Waals surface area contributed by atoms with Crippen LogP contribution in [0, 0.1) is 0 Å². The summed E-state index contributed by atoms with van der Waals surface area (Å²) in [7, 11) is -3.75. The molecule has 1 heterocycles. The van der Waals surface area contributed by atoms with Gasteiger partial charge in [0.25, 0.3) is 0 Å². The highest BCUT2D eigenvalue weighted by molar-refractivity contribution is 7.89. The molecule has 2 rings (SSSR count). The van der Waals surface area contributed by atoms with Crippen molar-refractivity contribution in [3.05, 3.63) is 18.2 Å². The fraction of sp³-hybridized carbons (Fsp3) is 0.533. The summed E-state index contributed by atoms with van der Waals surface area (Å²) in [6.07, 6.45) is 0. The minimum atomic E-state index is -3.75. The van der Waals surface area contributed by atoms with E-state index in [4.69, 9.17) is 15.2 Å². The highest BCUT2D eigenvalue weighted by Gasteiger charge is 2.29.